The van der Waals surface area contributed by atoms with Crippen LogP contribution in [0.25, 0.3) is 16.8 Å². The van der Waals surface area contributed by atoms with Crippen LogP contribution < -0.4 is 16.0 Å². The van der Waals surface area contributed by atoms with Crippen molar-refractivity contribution in [1.82, 2.24) is 19.6 Å². The summed E-state index contributed by atoms with van der Waals surface area (Å²) in [6.07, 6.45) is -1.84. The van der Waals surface area contributed by atoms with Gasteiger partial charge in [-0.05, 0) is 35.9 Å². The van der Waals surface area contributed by atoms with Crippen LogP contribution in [0.1, 0.15) is 28.4 Å². The average Bonchev–Trinajstić information content (AvgIpc) is 3.32. The quantitative estimate of drug-likeness (QED) is 0.285. The Morgan fingerprint density at radius 3 is 2.42 bits per heavy atom. The molecular weight excluding hydrogens is 574 g/mol. The van der Waals surface area contributed by atoms with E-state index in [2.05, 4.69) is 10.3 Å². The second-order valence-electron chi connectivity index (χ2n) is 8.61. The number of ketones is 1. The largest absolute Gasteiger partial charge is 0.495 e. The van der Waals surface area contributed by atoms with Crippen LogP contribution >= 0.6 is 23.2 Å². The standard InChI is InChI=1S/C26H20Cl2F3N5O4/c1-40-22-11-35(20(10-24(30)31)21(37)7-13-2-4-15(26(32)39)18(29)6-13)25(38)9-17(22)16-8-14(27)3-5-19(16)36-12-23(28)33-34-36/h2-6,8-9,11-12,20,24H,7,10H2,1H3,(H2,32,39). The fourth-order valence-electron chi connectivity index (χ4n) is 4.19. The molecule has 40 heavy (non-hydrogen) atoms. The van der Waals surface area contributed by atoms with Crippen molar-refractivity contribution in [3.05, 3.63) is 92.3 Å². The maximum absolute atomic E-state index is 14.2. The zero-order chi connectivity index (χ0) is 29.1. The predicted molar refractivity (Wildman–Crippen MR) is 141 cm³/mol. The number of primary amides is 1. The molecule has 0 radical (unpaired) electrons. The third kappa shape index (κ3) is 6.18. The van der Waals surface area contributed by atoms with Gasteiger partial charge >= 0.3 is 0 Å². The zero-order valence-corrected chi connectivity index (χ0v) is 22.2. The van der Waals surface area contributed by atoms with E-state index in [-0.39, 0.29) is 27.6 Å². The number of carbonyl (C=O) groups excluding carboxylic acids is 2. The third-order valence-corrected chi connectivity index (χ3v) is 6.42. The number of nitrogens with zero attached hydrogens (tertiary/aromatic N) is 4. The molecule has 4 aromatic rings. The van der Waals surface area contributed by atoms with Gasteiger partial charge in [0.05, 0.1) is 30.8 Å². The highest BCUT2D eigenvalue weighted by atomic mass is 35.5. The van der Waals surface area contributed by atoms with E-state index >= 15 is 0 Å². The fraction of sp³-hybridized carbons (Fsp3) is 0.192. The van der Waals surface area contributed by atoms with Crippen molar-refractivity contribution < 1.29 is 27.5 Å². The lowest BCUT2D eigenvalue weighted by molar-refractivity contribution is -0.122. The molecule has 0 bridgehead atoms. The number of ether oxygens (including phenoxy) is 1. The van der Waals surface area contributed by atoms with Gasteiger partial charge in [0.15, 0.2) is 10.9 Å². The minimum atomic E-state index is -2.95. The van der Waals surface area contributed by atoms with Crippen LogP contribution in [0.2, 0.25) is 10.2 Å². The lowest BCUT2D eigenvalue weighted by Gasteiger charge is -2.21. The van der Waals surface area contributed by atoms with E-state index in [1.54, 1.807) is 18.2 Å². The highest BCUT2D eigenvalue weighted by Gasteiger charge is 2.28. The summed E-state index contributed by atoms with van der Waals surface area (Å²) in [4.78, 5) is 37.7. The molecule has 1 unspecified atom stereocenters. The number of methoxy groups -OCH3 is 1. The SMILES string of the molecule is COc1cn(C(CC(F)F)C(=O)Cc2ccc(C(N)=O)c(F)c2)c(=O)cc1-c1cc(Cl)ccc1-n1cc(Cl)nn1. The smallest absolute Gasteiger partial charge is 0.252 e. The molecule has 0 aliphatic rings. The summed E-state index contributed by atoms with van der Waals surface area (Å²) in [7, 11) is 1.30. The summed E-state index contributed by atoms with van der Waals surface area (Å²) in [6, 6.07) is 7.55. The molecule has 0 aliphatic heterocycles. The topological polar surface area (TPSA) is 122 Å². The Morgan fingerprint density at radius 1 is 1.07 bits per heavy atom. The van der Waals surface area contributed by atoms with E-state index in [1.165, 1.54) is 24.1 Å². The molecule has 0 fully saturated rings. The van der Waals surface area contributed by atoms with Crippen molar-refractivity contribution in [2.45, 2.75) is 25.3 Å². The maximum atomic E-state index is 14.2. The lowest BCUT2D eigenvalue weighted by atomic mass is 9.99. The van der Waals surface area contributed by atoms with E-state index in [4.69, 9.17) is 33.7 Å². The molecule has 2 heterocycles. The number of halogens is 5. The van der Waals surface area contributed by atoms with Crippen LogP contribution in [-0.4, -0.2) is 44.8 Å². The molecule has 0 saturated heterocycles. The van der Waals surface area contributed by atoms with Gasteiger partial charge in [-0.3, -0.25) is 14.4 Å². The van der Waals surface area contributed by atoms with Crippen LogP contribution in [0.4, 0.5) is 13.2 Å². The molecule has 1 atom stereocenters. The van der Waals surface area contributed by atoms with Gasteiger partial charge in [-0.2, -0.15) is 0 Å². The summed E-state index contributed by atoms with van der Waals surface area (Å²) >= 11 is 12.1. The molecule has 0 spiro atoms. The summed E-state index contributed by atoms with van der Waals surface area (Å²) < 4.78 is 49.0. The zero-order valence-electron chi connectivity index (χ0n) is 20.7. The Bertz CT molecular complexity index is 1660. The van der Waals surface area contributed by atoms with E-state index in [0.717, 1.165) is 29.0 Å². The maximum Gasteiger partial charge on any atom is 0.252 e. The first-order chi connectivity index (χ1) is 19.0. The first-order valence-electron chi connectivity index (χ1n) is 11.6. The monoisotopic (exact) mass is 593 g/mol. The van der Waals surface area contributed by atoms with Crippen molar-refractivity contribution in [3.8, 4) is 22.6 Å². The number of aromatic nitrogens is 4. The molecule has 14 heteroatoms. The van der Waals surface area contributed by atoms with Crippen LogP contribution in [-0.2, 0) is 11.2 Å². The van der Waals surface area contributed by atoms with Gasteiger partial charge in [0.2, 0.25) is 6.43 Å². The molecule has 1 amide bonds. The molecule has 208 valence electrons. The van der Waals surface area contributed by atoms with Crippen molar-refractivity contribution in [2.75, 3.05) is 7.11 Å². The van der Waals surface area contributed by atoms with Crippen LogP contribution in [0.15, 0.2) is 59.7 Å². The molecule has 2 aromatic heterocycles. The fourth-order valence-corrected chi connectivity index (χ4v) is 4.48. The summed E-state index contributed by atoms with van der Waals surface area (Å²) in [5, 5.41) is 8.10. The minimum Gasteiger partial charge on any atom is -0.495 e. The summed E-state index contributed by atoms with van der Waals surface area (Å²) in [5.74, 6) is -2.68. The van der Waals surface area contributed by atoms with Crippen molar-refractivity contribution in [2.24, 2.45) is 5.73 Å². The van der Waals surface area contributed by atoms with E-state index in [9.17, 15) is 27.6 Å². The second kappa shape index (κ2) is 11.9. The van der Waals surface area contributed by atoms with Crippen molar-refractivity contribution >= 4 is 34.9 Å². The Labute approximate surface area is 234 Å². The normalized spacial score (nSPS) is 12.0. The van der Waals surface area contributed by atoms with Gasteiger partial charge < -0.3 is 15.0 Å². The van der Waals surface area contributed by atoms with Gasteiger partial charge in [0, 0.05) is 35.1 Å². The van der Waals surface area contributed by atoms with Crippen molar-refractivity contribution in [1.29, 1.82) is 0 Å². The molecule has 0 aliphatic carbocycles. The Kier molecular flexibility index (Phi) is 8.60. The number of rotatable bonds is 10. The lowest BCUT2D eigenvalue weighted by Crippen LogP contribution is -2.32. The number of amides is 1. The van der Waals surface area contributed by atoms with Gasteiger partial charge in [0.25, 0.3) is 11.5 Å². The number of hydrogen-bond acceptors (Lipinski definition) is 6. The molecule has 2 N–H and O–H groups in total. The number of alkyl halides is 2. The number of pyridine rings is 1. The molecule has 9 nitrogen and oxygen atoms in total. The number of benzene rings is 2. The third-order valence-electron chi connectivity index (χ3n) is 6.01. The van der Waals surface area contributed by atoms with E-state index in [0.29, 0.717) is 16.3 Å². The number of Topliss-reactive ketones (excluding diaryl/α,β-unsaturated/α-hetero) is 1. The average molecular weight is 594 g/mol. The Morgan fingerprint density at radius 2 is 1.82 bits per heavy atom. The van der Waals surface area contributed by atoms with E-state index in [1.807, 2.05) is 0 Å². The van der Waals surface area contributed by atoms with Gasteiger partial charge in [-0.25, -0.2) is 17.9 Å². The highest BCUT2D eigenvalue weighted by Crippen LogP contribution is 2.36. The minimum absolute atomic E-state index is 0.0678. The Hall–Kier alpha value is -4.16. The first kappa shape index (κ1) is 28.8. The summed E-state index contributed by atoms with van der Waals surface area (Å²) in [6.45, 7) is 0. The molecule has 2 aromatic carbocycles. The van der Waals surface area contributed by atoms with E-state index < -0.39 is 48.4 Å². The Balaban J connectivity index is 1.77. The first-order valence-corrected chi connectivity index (χ1v) is 12.3. The highest BCUT2D eigenvalue weighted by molar-refractivity contribution is 6.31. The van der Waals surface area contributed by atoms with Crippen LogP contribution in [0.5, 0.6) is 5.75 Å². The second-order valence-corrected chi connectivity index (χ2v) is 9.44. The molecular formula is C26H20Cl2F3N5O4. The molecule has 0 saturated carbocycles. The van der Waals surface area contributed by atoms with Crippen LogP contribution in [0, 0.1) is 5.82 Å². The summed E-state index contributed by atoms with van der Waals surface area (Å²) in [5.41, 5.74) is 5.09. The van der Waals surface area contributed by atoms with Gasteiger partial charge in [-0.1, -0.05) is 34.5 Å². The molecule has 4 rings (SSSR count). The number of nitrogens with two attached hydrogens (primary N) is 1. The van der Waals surface area contributed by atoms with Gasteiger partial charge in [-0.15, -0.1) is 5.10 Å². The predicted octanol–water partition coefficient (Wildman–Crippen LogP) is 4.66. The number of carbonyl (C=O) groups is 2. The van der Waals surface area contributed by atoms with Gasteiger partial charge in [0.1, 0.15) is 17.6 Å². The van der Waals surface area contributed by atoms with Crippen LogP contribution in [0.3, 0.4) is 0 Å². The number of hydrogen-bond donors (Lipinski definition) is 1. The van der Waals surface area contributed by atoms with Crippen molar-refractivity contribution in [3.63, 3.8) is 0 Å².